The zero-order valence-electron chi connectivity index (χ0n) is 36.3. The van der Waals surface area contributed by atoms with Crippen LogP contribution >= 0.6 is 0 Å². The predicted molar refractivity (Wildman–Crippen MR) is 241 cm³/mol. The summed E-state index contributed by atoms with van der Waals surface area (Å²) in [4.78, 5) is 0. The van der Waals surface area contributed by atoms with Gasteiger partial charge < -0.3 is 47.4 Å². The smallest absolute Gasteiger partial charge is 0.187 e. The Hall–Kier alpha value is -5.08. The molecule has 0 aliphatic carbocycles. The Bertz CT molecular complexity index is 2170. The predicted octanol–water partition coefficient (Wildman–Crippen LogP) is 9.24. The maximum Gasteiger partial charge on any atom is 0.187 e. The molecule has 2 aliphatic heterocycles. The molecule has 2 aliphatic rings. The molecule has 0 amide bonds. The first kappa shape index (κ1) is 45.5. The van der Waals surface area contributed by atoms with E-state index >= 15 is 0 Å². The molecule has 2 fully saturated rings. The van der Waals surface area contributed by atoms with Gasteiger partial charge in [-0.1, -0.05) is 182 Å². The quantitative estimate of drug-likeness (QED) is 0.0621. The van der Waals surface area contributed by atoms with Crippen LogP contribution in [0, 0.1) is 0 Å². The molecule has 6 aromatic rings. The summed E-state index contributed by atoms with van der Waals surface area (Å²) < 4.78 is 67.0. The van der Waals surface area contributed by atoms with Gasteiger partial charge in [-0.15, -0.1) is 0 Å². The van der Waals surface area contributed by atoms with E-state index in [0.717, 1.165) is 33.4 Å². The first-order valence-electron chi connectivity index (χ1n) is 22.0. The Kier molecular flexibility index (Phi) is 17.3. The minimum absolute atomic E-state index is 0.213. The summed E-state index contributed by atoms with van der Waals surface area (Å²) in [6.07, 6.45) is -6.51. The van der Waals surface area contributed by atoms with Crippen LogP contribution in [-0.2, 0) is 87.0 Å². The topological polar surface area (TPSA) is 92.3 Å². The summed E-state index contributed by atoms with van der Waals surface area (Å²) in [6, 6.07) is 60.3. The number of benzene rings is 6. The SMILES string of the molecule is CO[C@H]1O[C@H](COCc2ccccc2)[C@@H](OCc2ccccc2)[C@H](OCc2ccccc2)[C@H]1O[C@@H]1O[C@H](COCc2ccccc2)[C@@H](OCc2ccccc2)[C@@H]1OCc1ccccc1. The second-order valence-electron chi connectivity index (χ2n) is 16.0. The van der Waals surface area contributed by atoms with Crippen molar-refractivity contribution in [3.8, 4) is 0 Å². The molecule has 10 heteroatoms. The van der Waals surface area contributed by atoms with Crippen molar-refractivity contribution in [2.75, 3.05) is 20.3 Å². The van der Waals surface area contributed by atoms with Crippen molar-refractivity contribution in [1.29, 1.82) is 0 Å². The van der Waals surface area contributed by atoms with E-state index in [1.807, 2.05) is 182 Å². The maximum absolute atomic E-state index is 7.16. The highest BCUT2D eigenvalue weighted by atomic mass is 16.8. The van der Waals surface area contributed by atoms with Crippen molar-refractivity contribution >= 4 is 0 Å². The summed E-state index contributed by atoms with van der Waals surface area (Å²) >= 11 is 0. The molecule has 0 unspecified atom stereocenters. The summed E-state index contributed by atoms with van der Waals surface area (Å²) in [5.74, 6) is 0. The first-order chi connectivity index (χ1) is 31.7. The molecule has 6 aromatic carbocycles. The van der Waals surface area contributed by atoms with Gasteiger partial charge in [-0.05, 0) is 33.4 Å². The minimum Gasteiger partial charge on any atom is -0.374 e. The second-order valence-corrected chi connectivity index (χ2v) is 16.0. The van der Waals surface area contributed by atoms with Gasteiger partial charge in [0.15, 0.2) is 12.6 Å². The zero-order valence-corrected chi connectivity index (χ0v) is 36.3. The van der Waals surface area contributed by atoms with Crippen molar-refractivity contribution in [2.45, 2.75) is 94.9 Å². The fourth-order valence-corrected chi connectivity index (χ4v) is 8.01. The van der Waals surface area contributed by atoms with Crippen molar-refractivity contribution < 1.29 is 47.4 Å². The fraction of sp³-hybridized carbons (Fsp3) is 0.333. The van der Waals surface area contributed by atoms with Crippen molar-refractivity contribution in [1.82, 2.24) is 0 Å². The van der Waals surface area contributed by atoms with Crippen LogP contribution in [0.4, 0.5) is 0 Å². The molecule has 9 atom stereocenters. The summed E-state index contributed by atoms with van der Waals surface area (Å²) in [6.45, 7) is 2.45. The lowest BCUT2D eigenvalue weighted by Crippen LogP contribution is -2.62. The average Bonchev–Trinajstić information content (AvgIpc) is 3.68. The van der Waals surface area contributed by atoms with Gasteiger partial charge in [-0.3, -0.25) is 0 Å². The lowest BCUT2D eigenvalue weighted by atomic mass is 9.97. The van der Waals surface area contributed by atoms with Gasteiger partial charge >= 0.3 is 0 Å². The average molecular weight is 867 g/mol. The molecule has 2 heterocycles. The molecular formula is C54H58O10. The van der Waals surface area contributed by atoms with Crippen LogP contribution in [0.5, 0.6) is 0 Å². The van der Waals surface area contributed by atoms with Crippen LogP contribution in [0.25, 0.3) is 0 Å². The Balaban J connectivity index is 1.10. The van der Waals surface area contributed by atoms with E-state index in [2.05, 4.69) is 0 Å². The number of hydrogen-bond donors (Lipinski definition) is 0. The molecule has 64 heavy (non-hydrogen) atoms. The molecule has 2 saturated heterocycles. The summed E-state index contributed by atoms with van der Waals surface area (Å²) in [7, 11) is 1.60. The molecule has 0 spiro atoms. The Morgan fingerprint density at radius 3 is 0.984 bits per heavy atom. The molecule has 0 saturated carbocycles. The highest BCUT2D eigenvalue weighted by Crippen LogP contribution is 2.36. The molecule has 0 N–H and O–H groups in total. The Morgan fingerprint density at radius 2 is 0.625 bits per heavy atom. The van der Waals surface area contributed by atoms with Crippen molar-refractivity contribution in [2.24, 2.45) is 0 Å². The molecule has 8 rings (SSSR count). The highest BCUT2D eigenvalue weighted by Gasteiger charge is 2.54. The van der Waals surface area contributed by atoms with Crippen molar-refractivity contribution in [3.05, 3.63) is 215 Å². The van der Waals surface area contributed by atoms with E-state index in [-0.39, 0.29) is 19.8 Å². The third-order valence-electron chi connectivity index (χ3n) is 11.3. The Labute approximate surface area is 376 Å². The van der Waals surface area contributed by atoms with Crippen LogP contribution in [0.1, 0.15) is 33.4 Å². The molecule has 0 radical (unpaired) electrons. The summed E-state index contributed by atoms with van der Waals surface area (Å²) in [5.41, 5.74) is 6.12. The van der Waals surface area contributed by atoms with E-state index < -0.39 is 55.3 Å². The van der Waals surface area contributed by atoms with Gasteiger partial charge in [0, 0.05) is 7.11 Å². The third kappa shape index (κ3) is 13.0. The molecule has 0 aromatic heterocycles. The van der Waals surface area contributed by atoms with E-state index in [1.165, 1.54) is 0 Å². The molecular weight excluding hydrogens is 809 g/mol. The zero-order chi connectivity index (χ0) is 43.6. The lowest BCUT2D eigenvalue weighted by Gasteiger charge is -2.46. The van der Waals surface area contributed by atoms with Crippen LogP contribution in [0.2, 0.25) is 0 Å². The van der Waals surface area contributed by atoms with E-state index in [1.54, 1.807) is 7.11 Å². The fourth-order valence-electron chi connectivity index (χ4n) is 8.01. The van der Waals surface area contributed by atoms with Crippen LogP contribution in [0.3, 0.4) is 0 Å². The largest absolute Gasteiger partial charge is 0.374 e. The van der Waals surface area contributed by atoms with Gasteiger partial charge in [0.1, 0.15) is 42.7 Å². The second kappa shape index (κ2) is 24.3. The minimum atomic E-state index is -0.954. The standard InChI is InChI=1S/C54H58O10/c1-55-53-52(50(60-36-44-28-16-6-17-29-44)48(58-34-42-24-12-4-13-25-42)46(62-53)38-56-32-40-20-8-2-9-21-40)64-54-51(61-37-45-30-18-7-19-31-45)49(59-35-43-26-14-5-15-27-43)47(63-54)39-57-33-41-22-10-3-11-23-41/h2-31,46-54H,32-39H2,1H3/t46-,47-,48-,49-,50+,51+,52-,53+,54+/m1/s1. The van der Waals surface area contributed by atoms with Crippen molar-refractivity contribution in [3.63, 3.8) is 0 Å². The number of hydrogen-bond acceptors (Lipinski definition) is 10. The summed E-state index contributed by atoms with van der Waals surface area (Å²) in [5, 5.41) is 0. The Morgan fingerprint density at radius 1 is 0.328 bits per heavy atom. The van der Waals surface area contributed by atoms with Gasteiger partial charge in [0.25, 0.3) is 0 Å². The van der Waals surface area contributed by atoms with Crippen LogP contribution in [-0.4, -0.2) is 75.6 Å². The number of methoxy groups -OCH3 is 1. The van der Waals surface area contributed by atoms with E-state index in [0.29, 0.717) is 33.0 Å². The van der Waals surface area contributed by atoms with E-state index in [4.69, 9.17) is 47.4 Å². The normalized spacial score (nSPS) is 24.4. The highest BCUT2D eigenvalue weighted by molar-refractivity contribution is 5.18. The van der Waals surface area contributed by atoms with Gasteiger partial charge in [0.2, 0.25) is 0 Å². The van der Waals surface area contributed by atoms with Crippen LogP contribution < -0.4 is 0 Å². The third-order valence-corrected chi connectivity index (χ3v) is 11.3. The molecule has 0 bridgehead atoms. The monoisotopic (exact) mass is 866 g/mol. The first-order valence-corrected chi connectivity index (χ1v) is 22.0. The maximum atomic E-state index is 7.16. The van der Waals surface area contributed by atoms with Crippen LogP contribution in [0.15, 0.2) is 182 Å². The van der Waals surface area contributed by atoms with E-state index in [9.17, 15) is 0 Å². The van der Waals surface area contributed by atoms with Gasteiger partial charge in [-0.2, -0.15) is 0 Å². The van der Waals surface area contributed by atoms with Gasteiger partial charge in [-0.25, -0.2) is 0 Å². The van der Waals surface area contributed by atoms with Gasteiger partial charge in [0.05, 0.1) is 52.9 Å². The molecule has 334 valence electrons. The number of ether oxygens (including phenoxy) is 10. The molecule has 10 nitrogen and oxygen atoms in total. The number of rotatable bonds is 23. The lowest BCUT2D eigenvalue weighted by molar-refractivity contribution is -0.347.